The van der Waals surface area contributed by atoms with Crippen molar-refractivity contribution >= 4 is 17.6 Å². The van der Waals surface area contributed by atoms with Crippen molar-refractivity contribution < 1.29 is 19.1 Å². The molecule has 8 nitrogen and oxygen atoms in total. The fraction of sp³-hybridized carbons (Fsp3) is 0.414. The Hall–Kier alpha value is -3.81. The third-order valence-electron chi connectivity index (χ3n) is 6.21. The van der Waals surface area contributed by atoms with Crippen LogP contribution >= 0.6 is 0 Å². The van der Waals surface area contributed by atoms with Gasteiger partial charge in [-0.05, 0) is 55.2 Å². The molecule has 1 N–H and O–H groups in total. The molecule has 1 aromatic heterocycles. The molecule has 196 valence electrons. The van der Waals surface area contributed by atoms with Crippen LogP contribution < -0.4 is 14.8 Å². The zero-order chi connectivity index (χ0) is 26.7. The molecule has 0 unspecified atom stereocenters. The highest BCUT2D eigenvalue weighted by Gasteiger charge is 2.25. The normalized spacial score (nSPS) is 12.6. The van der Waals surface area contributed by atoms with Gasteiger partial charge in [0, 0.05) is 23.6 Å². The molecular weight excluding hydrogens is 468 g/mol. The first-order valence-electron chi connectivity index (χ1n) is 12.7. The Labute approximate surface area is 218 Å². The van der Waals surface area contributed by atoms with Crippen LogP contribution in [0.15, 0.2) is 48.5 Å². The summed E-state index contributed by atoms with van der Waals surface area (Å²) in [6, 6.07) is 15.0. The van der Waals surface area contributed by atoms with Gasteiger partial charge in [-0.2, -0.15) is 5.10 Å². The first-order valence-corrected chi connectivity index (χ1v) is 12.7. The van der Waals surface area contributed by atoms with E-state index in [-0.39, 0.29) is 30.6 Å². The summed E-state index contributed by atoms with van der Waals surface area (Å²) >= 11 is 0. The maximum atomic E-state index is 13.4. The number of nitrogens with zero attached hydrogens (tertiary/aromatic N) is 3. The molecule has 0 spiro atoms. The van der Waals surface area contributed by atoms with E-state index in [9.17, 15) is 9.59 Å². The highest BCUT2D eigenvalue weighted by molar-refractivity contribution is 5.99. The van der Waals surface area contributed by atoms with Crippen LogP contribution in [-0.4, -0.2) is 46.4 Å². The fourth-order valence-electron chi connectivity index (χ4n) is 4.03. The minimum Gasteiger partial charge on any atom is -0.454 e. The average Bonchev–Trinajstić information content (AvgIpc) is 3.47. The van der Waals surface area contributed by atoms with Gasteiger partial charge in [0.2, 0.25) is 12.7 Å². The van der Waals surface area contributed by atoms with E-state index < -0.39 is 0 Å². The number of aromatic nitrogens is 2. The molecule has 1 aliphatic rings. The van der Waals surface area contributed by atoms with Gasteiger partial charge < -0.3 is 19.7 Å². The van der Waals surface area contributed by atoms with Crippen LogP contribution in [-0.2, 0) is 10.2 Å². The molecule has 8 heteroatoms. The molecule has 1 aliphatic heterocycles. The van der Waals surface area contributed by atoms with Gasteiger partial charge >= 0.3 is 0 Å². The summed E-state index contributed by atoms with van der Waals surface area (Å²) < 4.78 is 12.6. The van der Waals surface area contributed by atoms with E-state index in [4.69, 9.17) is 14.6 Å². The van der Waals surface area contributed by atoms with Crippen LogP contribution in [0.1, 0.15) is 62.7 Å². The smallest absolute Gasteiger partial charge is 0.254 e. The van der Waals surface area contributed by atoms with Crippen molar-refractivity contribution in [2.45, 2.75) is 53.4 Å². The van der Waals surface area contributed by atoms with Crippen LogP contribution in [0.4, 0.5) is 5.82 Å². The number of benzene rings is 2. The number of fused-ring (bicyclic) bond motifs is 1. The summed E-state index contributed by atoms with van der Waals surface area (Å²) in [5, 5.41) is 7.81. The van der Waals surface area contributed by atoms with E-state index in [0.717, 1.165) is 23.4 Å². The number of amides is 2. The minimum absolute atomic E-state index is 0.0795. The standard InChI is InChI=1S/C29H36N4O4/c1-19(2)12-13-32(28(35)21-10-11-23-24(15-21)37-18-36-23)17-27(34)30-26-16-25(29(4,5)6)31-33(26)22-9-7-8-20(3)14-22/h7-11,14-16,19H,12-13,17-18H2,1-6H3,(H,30,34). The minimum atomic E-state index is -0.285. The molecule has 2 aromatic carbocycles. The van der Waals surface area contributed by atoms with Crippen LogP contribution in [0, 0.1) is 12.8 Å². The molecule has 0 fully saturated rings. The Morgan fingerprint density at radius 2 is 1.84 bits per heavy atom. The second-order valence-electron chi connectivity index (χ2n) is 10.9. The van der Waals surface area contributed by atoms with Crippen molar-refractivity contribution in [3.8, 4) is 17.2 Å². The number of carbonyl (C=O) groups is 2. The van der Waals surface area contributed by atoms with Crippen LogP contribution in [0.2, 0.25) is 0 Å². The second-order valence-corrected chi connectivity index (χ2v) is 10.9. The molecule has 2 amide bonds. The molecule has 0 aliphatic carbocycles. The summed E-state index contributed by atoms with van der Waals surface area (Å²) in [6.45, 7) is 13.0. The first-order chi connectivity index (χ1) is 17.5. The molecule has 0 atom stereocenters. The Balaban J connectivity index is 1.57. The summed E-state index contributed by atoms with van der Waals surface area (Å²) in [5.41, 5.74) is 3.07. The van der Waals surface area contributed by atoms with Gasteiger partial charge in [0.1, 0.15) is 12.4 Å². The van der Waals surface area contributed by atoms with Crippen LogP contribution in [0.3, 0.4) is 0 Å². The number of rotatable bonds is 8. The molecule has 37 heavy (non-hydrogen) atoms. The highest BCUT2D eigenvalue weighted by atomic mass is 16.7. The summed E-state index contributed by atoms with van der Waals surface area (Å²) in [4.78, 5) is 28.3. The number of aryl methyl sites for hydroxylation is 1. The zero-order valence-electron chi connectivity index (χ0n) is 22.5. The maximum absolute atomic E-state index is 13.4. The third-order valence-corrected chi connectivity index (χ3v) is 6.21. The van der Waals surface area contributed by atoms with Crippen molar-refractivity contribution in [3.63, 3.8) is 0 Å². The molecule has 0 saturated heterocycles. The first kappa shape index (κ1) is 26.3. The topological polar surface area (TPSA) is 85.7 Å². The maximum Gasteiger partial charge on any atom is 0.254 e. The molecule has 4 rings (SSSR count). The fourth-order valence-corrected chi connectivity index (χ4v) is 4.03. The monoisotopic (exact) mass is 504 g/mol. The number of ether oxygens (including phenoxy) is 2. The molecule has 0 radical (unpaired) electrons. The molecule has 0 saturated carbocycles. The number of carbonyl (C=O) groups excluding carboxylic acids is 2. The van der Waals surface area contributed by atoms with Crippen molar-refractivity contribution in [2.24, 2.45) is 5.92 Å². The van der Waals surface area contributed by atoms with Gasteiger partial charge in [-0.25, -0.2) is 4.68 Å². The predicted octanol–water partition coefficient (Wildman–Crippen LogP) is 5.33. The molecular formula is C29H36N4O4. The van der Waals surface area contributed by atoms with Gasteiger partial charge in [-0.1, -0.05) is 46.8 Å². The number of hydrogen-bond acceptors (Lipinski definition) is 5. The Morgan fingerprint density at radius 3 is 2.54 bits per heavy atom. The largest absolute Gasteiger partial charge is 0.454 e. The lowest BCUT2D eigenvalue weighted by molar-refractivity contribution is -0.117. The van der Waals surface area contributed by atoms with Gasteiger partial charge in [-0.3, -0.25) is 9.59 Å². The number of anilines is 1. The third kappa shape index (κ3) is 6.31. The van der Waals surface area contributed by atoms with Gasteiger partial charge in [-0.15, -0.1) is 0 Å². The lowest BCUT2D eigenvalue weighted by Crippen LogP contribution is -2.39. The summed E-state index contributed by atoms with van der Waals surface area (Å²) in [5.74, 6) is 1.59. The Kier molecular flexibility index (Phi) is 7.57. The Bertz CT molecular complexity index is 1290. The quantitative estimate of drug-likeness (QED) is 0.448. The second kappa shape index (κ2) is 10.7. The Morgan fingerprint density at radius 1 is 1.08 bits per heavy atom. The van der Waals surface area contributed by atoms with E-state index in [1.807, 2.05) is 37.3 Å². The molecule has 3 aromatic rings. The van der Waals surface area contributed by atoms with Crippen molar-refractivity contribution in [2.75, 3.05) is 25.2 Å². The van der Waals surface area contributed by atoms with Gasteiger partial charge in [0.05, 0.1) is 11.4 Å². The lowest BCUT2D eigenvalue weighted by Gasteiger charge is -2.23. The highest BCUT2D eigenvalue weighted by Crippen LogP contribution is 2.33. The predicted molar refractivity (Wildman–Crippen MR) is 144 cm³/mol. The van der Waals surface area contributed by atoms with Gasteiger partial charge in [0.25, 0.3) is 5.91 Å². The zero-order valence-corrected chi connectivity index (χ0v) is 22.5. The molecule has 0 bridgehead atoms. The van der Waals surface area contributed by atoms with E-state index in [2.05, 4.69) is 39.9 Å². The van der Waals surface area contributed by atoms with E-state index in [1.54, 1.807) is 27.8 Å². The van der Waals surface area contributed by atoms with Crippen LogP contribution in [0.5, 0.6) is 11.5 Å². The molecule has 2 heterocycles. The van der Waals surface area contributed by atoms with Crippen molar-refractivity contribution in [3.05, 3.63) is 65.4 Å². The van der Waals surface area contributed by atoms with Crippen molar-refractivity contribution in [1.82, 2.24) is 14.7 Å². The van der Waals surface area contributed by atoms with E-state index in [0.29, 0.717) is 35.3 Å². The van der Waals surface area contributed by atoms with E-state index in [1.165, 1.54) is 0 Å². The average molecular weight is 505 g/mol. The lowest BCUT2D eigenvalue weighted by atomic mass is 9.92. The number of hydrogen-bond donors (Lipinski definition) is 1. The van der Waals surface area contributed by atoms with Crippen LogP contribution in [0.25, 0.3) is 5.69 Å². The van der Waals surface area contributed by atoms with Crippen molar-refractivity contribution in [1.29, 1.82) is 0 Å². The number of nitrogens with one attached hydrogen (secondary N) is 1. The summed E-state index contributed by atoms with van der Waals surface area (Å²) in [7, 11) is 0. The van der Waals surface area contributed by atoms with Gasteiger partial charge in [0.15, 0.2) is 11.5 Å². The SMILES string of the molecule is Cc1cccc(-n2nc(C(C)(C)C)cc2NC(=O)CN(CCC(C)C)C(=O)c2ccc3c(c2)OCO3)c1. The van der Waals surface area contributed by atoms with E-state index >= 15 is 0 Å². The summed E-state index contributed by atoms with van der Waals surface area (Å²) in [6.07, 6.45) is 0.777.